The van der Waals surface area contributed by atoms with E-state index in [4.69, 9.17) is 4.74 Å². The van der Waals surface area contributed by atoms with Crippen LogP contribution in [-0.2, 0) is 14.3 Å². The van der Waals surface area contributed by atoms with Crippen molar-refractivity contribution in [1.29, 1.82) is 0 Å². The van der Waals surface area contributed by atoms with Gasteiger partial charge in [-0.05, 0) is 57.8 Å². The van der Waals surface area contributed by atoms with Crippen molar-refractivity contribution in [2.24, 2.45) is 0 Å². The van der Waals surface area contributed by atoms with E-state index in [1.54, 1.807) is 0 Å². The van der Waals surface area contributed by atoms with Crippen LogP contribution < -0.4 is 5.32 Å². The number of aliphatic hydroxyl groups excluding tert-OH is 2. The lowest BCUT2D eigenvalue weighted by atomic mass is 10.0. The van der Waals surface area contributed by atoms with Crippen molar-refractivity contribution < 1.29 is 24.5 Å². The number of allylic oxidation sites excluding steroid dienone is 4. The lowest BCUT2D eigenvalue weighted by Gasteiger charge is -2.22. The first-order chi connectivity index (χ1) is 29.0. The van der Waals surface area contributed by atoms with Gasteiger partial charge in [0.25, 0.3) is 0 Å². The molecule has 0 saturated carbocycles. The van der Waals surface area contributed by atoms with Crippen molar-refractivity contribution in [2.75, 3.05) is 13.2 Å². The molecule has 0 aliphatic heterocycles. The van der Waals surface area contributed by atoms with E-state index in [2.05, 4.69) is 43.5 Å². The van der Waals surface area contributed by atoms with E-state index >= 15 is 0 Å². The highest BCUT2D eigenvalue weighted by Crippen LogP contribution is 2.16. The minimum atomic E-state index is -0.671. The number of aliphatic hydroxyl groups is 2. The van der Waals surface area contributed by atoms with Crippen molar-refractivity contribution in [3.8, 4) is 0 Å². The molecule has 0 saturated heterocycles. The first kappa shape index (κ1) is 57.3. The van der Waals surface area contributed by atoms with E-state index in [1.807, 2.05) is 0 Å². The highest BCUT2D eigenvalue weighted by Gasteiger charge is 2.20. The molecule has 0 aliphatic rings. The average Bonchev–Trinajstić information content (AvgIpc) is 3.24. The largest absolute Gasteiger partial charge is 0.466 e. The van der Waals surface area contributed by atoms with Gasteiger partial charge in [0.1, 0.15) is 0 Å². The van der Waals surface area contributed by atoms with Gasteiger partial charge in [-0.2, -0.15) is 0 Å². The van der Waals surface area contributed by atoms with E-state index in [-0.39, 0.29) is 18.5 Å². The molecule has 0 radical (unpaired) electrons. The van der Waals surface area contributed by atoms with E-state index in [0.717, 1.165) is 57.8 Å². The Morgan fingerprint density at radius 1 is 0.475 bits per heavy atom. The van der Waals surface area contributed by atoms with E-state index in [1.165, 1.54) is 186 Å². The molecule has 2 atom stereocenters. The summed E-state index contributed by atoms with van der Waals surface area (Å²) in [5, 5.41) is 23.2. The summed E-state index contributed by atoms with van der Waals surface area (Å²) in [6, 6.07) is -0.549. The van der Waals surface area contributed by atoms with Crippen LogP contribution in [0.3, 0.4) is 0 Å². The summed E-state index contributed by atoms with van der Waals surface area (Å²) in [7, 11) is 0. The third-order valence-electron chi connectivity index (χ3n) is 12.0. The second-order valence-electron chi connectivity index (χ2n) is 17.9. The van der Waals surface area contributed by atoms with E-state index in [9.17, 15) is 19.8 Å². The number of unbranched alkanes of at least 4 members (excludes halogenated alkanes) is 33. The van der Waals surface area contributed by atoms with E-state index < -0.39 is 12.1 Å². The number of ether oxygens (including phenoxy) is 1. The molecule has 0 fully saturated rings. The van der Waals surface area contributed by atoms with Crippen molar-refractivity contribution in [2.45, 2.75) is 289 Å². The summed E-state index contributed by atoms with van der Waals surface area (Å²) >= 11 is 0. The van der Waals surface area contributed by atoms with Crippen molar-refractivity contribution in [3.63, 3.8) is 0 Å². The molecule has 2 unspecified atom stereocenters. The smallest absolute Gasteiger partial charge is 0.305 e. The van der Waals surface area contributed by atoms with Gasteiger partial charge in [0, 0.05) is 12.8 Å². The predicted octanol–water partition coefficient (Wildman–Crippen LogP) is 15.5. The third kappa shape index (κ3) is 45.7. The molecule has 348 valence electrons. The molecule has 0 aliphatic carbocycles. The first-order valence-electron chi connectivity index (χ1n) is 26.1. The van der Waals surface area contributed by atoms with Gasteiger partial charge in [-0.1, -0.05) is 231 Å². The number of carbonyl (C=O) groups excluding carboxylic acids is 2. The van der Waals surface area contributed by atoms with Crippen LogP contribution in [-0.4, -0.2) is 47.4 Å². The minimum absolute atomic E-state index is 0.0163. The summed E-state index contributed by atoms with van der Waals surface area (Å²) < 4.78 is 5.46. The summed E-state index contributed by atoms with van der Waals surface area (Å²) in [6.07, 6.45) is 57.1. The number of esters is 1. The number of carbonyl (C=O) groups is 2. The molecule has 0 spiro atoms. The van der Waals surface area contributed by atoms with Gasteiger partial charge in [0.05, 0.1) is 25.4 Å². The summed E-state index contributed by atoms with van der Waals surface area (Å²) in [5.41, 5.74) is 0. The second kappa shape index (κ2) is 49.0. The van der Waals surface area contributed by atoms with Crippen LogP contribution >= 0.6 is 0 Å². The zero-order valence-corrected chi connectivity index (χ0v) is 39.5. The normalized spacial score (nSPS) is 12.8. The standard InChI is InChI=1S/C53H101NO5/c1-3-5-7-9-11-13-15-17-18-23-27-31-35-39-43-47-53(58)59-48-44-40-36-32-28-24-20-19-22-26-30-34-38-42-46-52(57)54-50(49-55)51(56)45-41-37-33-29-25-21-16-14-12-10-8-6-4-2/h11,13,17-18,50-51,55-56H,3-10,12,14-16,19-49H2,1-2H3,(H,54,57)/b13-11-,18-17-. The Morgan fingerprint density at radius 3 is 1.32 bits per heavy atom. The number of rotatable bonds is 48. The van der Waals surface area contributed by atoms with Crippen LogP contribution in [0.15, 0.2) is 24.3 Å². The molecule has 59 heavy (non-hydrogen) atoms. The fourth-order valence-corrected chi connectivity index (χ4v) is 7.96. The fraction of sp³-hybridized carbons (Fsp3) is 0.887. The van der Waals surface area contributed by atoms with Gasteiger partial charge in [0.15, 0.2) is 0 Å². The highest BCUT2D eigenvalue weighted by molar-refractivity contribution is 5.76. The molecule has 0 heterocycles. The van der Waals surface area contributed by atoms with Crippen molar-refractivity contribution in [1.82, 2.24) is 5.32 Å². The van der Waals surface area contributed by atoms with Gasteiger partial charge in [-0.25, -0.2) is 0 Å². The zero-order chi connectivity index (χ0) is 43.0. The minimum Gasteiger partial charge on any atom is -0.466 e. The van der Waals surface area contributed by atoms with Gasteiger partial charge in [0.2, 0.25) is 5.91 Å². The molecule has 1 amide bonds. The van der Waals surface area contributed by atoms with E-state index in [0.29, 0.717) is 25.9 Å². The molecule has 3 N–H and O–H groups in total. The number of hydrogen-bond donors (Lipinski definition) is 3. The van der Waals surface area contributed by atoms with Crippen LogP contribution in [0.5, 0.6) is 0 Å². The quantitative estimate of drug-likeness (QED) is 0.0322. The Bertz CT molecular complexity index is 920. The Hall–Kier alpha value is -1.66. The molecule has 6 nitrogen and oxygen atoms in total. The molecule has 0 aromatic heterocycles. The van der Waals surface area contributed by atoms with Crippen LogP contribution in [0.1, 0.15) is 277 Å². The van der Waals surface area contributed by atoms with Crippen molar-refractivity contribution >= 4 is 11.9 Å². The van der Waals surface area contributed by atoms with Gasteiger partial charge in [-0.15, -0.1) is 0 Å². The van der Waals surface area contributed by atoms with Gasteiger partial charge >= 0.3 is 5.97 Å². The molecule has 0 aromatic rings. The van der Waals surface area contributed by atoms with Crippen molar-refractivity contribution in [3.05, 3.63) is 24.3 Å². The Kier molecular flexibility index (Phi) is 47.6. The Labute approximate surface area is 367 Å². The van der Waals surface area contributed by atoms with Crippen LogP contribution in [0.25, 0.3) is 0 Å². The molecule has 0 aromatic carbocycles. The highest BCUT2D eigenvalue weighted by atomic mass is 16.5. The molecule has 0 rings (SSSR count). The number of hydrogen-bond acceptors (Lipinski definition) is 5. The maximum Gasteiger partial charge on any atom is 0.305 e. The predicted molar refractivity (Wildman–Crippen MR) is 255 cm³/mol. The Morgan fingerprint density at radius 2 is 0.847 bits per heavy atom. The van der Waals surface area contributed by atoms with Gasteiger partial charge in [-0.3, -0.25) is 9.59 Å². The van der Waals surface area contributed by atoms with Crippen LogP contribution in [0, 0.1) is 0 Å². The number of amides is 1. The molecule has 0 bridgehead atoms. The fourth-order valence-electron chi connectivity index (χ4n) is 7.96. The monoisotopic (exact) mass is 832 g/mol. The maximum absolute atomic E-state index is 12.4. The Balaban J connectivity index is 3.45. The second-order valence-corrected chi connectivity index (χ2v) is 17.9. The summed E-state index contributed by atoms with van der Waals surface area (Å²) in [5.74, 6) is -0.0625. The summed E-state index contributed by atoms with van der Waals surface area (Å²) in [6.45, 7) is 4.89. The summed E-state index contributed by atoms with van der Waals surface area (Å²) in [4.78, 5) is 24.5. The number of nitrogens with one attached hydrogen (secondary N) is 1. The molecular formula is C53H101NO5. The zero-order valence-electron chi connectivity index (χ0n) is 39.5. The van der Waals surface area contributed by atoms with Gasteiger partial charge < -0.3 is 20.3 Å². The third-order valence-corrected chi connectivity index (χ3v) is 12.0. The average molecular weight is 832 g/mol. The lowest BCUT2D eigenvalue weighted by Crippen LogP contribution is -2.45. The van der Waals surface area contributed by atoms with Crippen LogP contribution in [0.4, 0.5) is 0 Å². The molecular weight excluding hydrogens is 731 g/mol. The van der Waals surface area contributed by atoms with Crippen LogP contribution in [0.2, 0.25) is 0 Å². The maximum atomic E-state index is 12.4. The first-order valence-corrected chi connectivity index (χ1v) is 26.1. The lowest BCUT2D eigenvalue weighted by molar-refractivity contribution is -0.143. The molecule has 6 heteroatoms. The topological polar surface area (TPSA) is 95.9 Å². The SMILES string of the molecule is CCCCC/C=C\C/C=C\CCCCCCCC(=O)OCCCCCCCCCCCCCCCCC(=O)NC(CO)C(O)CCCCCCCCCCCCCCC.